The van der Waals surface area contributed by atoms with Crippen molar-refractivity contribution in [2.45, 2.75) is 57.4 Å². The smallest absolute Gasteiger partial charge is 0.250 e. The Morgan fingerprint density at radius 3 is 2.61 bits per heavy atom. The van der Waals surface area contributed by atoms with Gasteiger partial charge >= 0.3 is 0 Å². The third kappa shape index (κ3) is 3.50. The zero-order valence-electron chi connectivity index (χ0n) is 17.4. The molecule has 1 amide bonds. The molecule has 2 aromatic carbocycles. The van der Waals surface area contributed by atoms with Crippen LogP contribution in [-0.2, 0) is 6.42 Å². The number of anilines is 1. The summed E-state index contributed by atoms with van der Waals surface area (Å²) in [5.74, 6) is -0.772. The number of carbonyl (C=O) groups is 2. The van der Waals surface area contributed by atoms with E-state index < -0.39 is 5.91 Å². The molecular formula is C25H26FN3O2. The summed E-state index contributed by atoms with van der Waals surface area (Å²) in [7, 11) is 0. The number of hydrogen-bond donors (Lipinski definition) is 2. The van der Waals surface area contributed by atoms with E-state index in [1.807, 2.05) is 12.1 Å². The zero-order chi connectivity index (χ0) is 21.5. The molecule has 0 unspecified atom stereocenters. The summed E-state index contributed by atoms with van der Waals surface area (Å²) in [4.78, 5) is 24.8. The van der Waals surface area contributed by atoms with E-state index in [2.05, 4.69) is 5.32 Å². The van der Waals surface area contributed by atoms with Crippen LogP contribution in [0.3, 0.4) is 0 Å². The Bertz CT molecular complexity index is 1190. The number of benzene rings is 2. The molecule has 1 fully saturated rings. The van der Waals surface area contributed by atoms with Gasteiger partial charge in [0.2, 0.25) is 5.91 Å². The van der Waals surface area contributed by atoms with Gasteiger partial charge in [0.05, 0.1) is 11.1 Å². The van der Waals surface area contributed by atoms with Gasteiger partial charge in [0, 0.05) is 34.8 Å². The molecule has 2 aliphatic rings. The summed E-state index contributed by atoms with van der Waals surface area (Å²) < 4.78 is 15.9. The van der Waals surface area contributed by atoms with Crippen molar-refractivity contribution in [3.05, 3.63) is 53.5 Å². The second-order valence-corrected chi connectivity index (χ2v) is 8.67. The normalized spacial score (nSPS) is 17.0. The first-order valence-corrected chi connectivity index (χ1v) is 11.1. The lowest BCUT2D eigenvalue weighted by Crippen LogP contribution is -2.24. The highest BCUT2D eigenvalue weighted by atomic mass is 19.1. The summed E-state index contributed by atoms with van der Waals surface area (Å²) in [5, 5.41) is 4.26. The molecule has 1 aliphatic heterocycles. The van der Waals surface area contributed by atoms with Gasteiger partial charge in [0.15, 0.2) is 0 Å². The third-order valence-corrected chi connectivity index (χ3v) is 6.62. The molecule has 0 saturated heterocycles. The average molecular weight is 420 g/mol. The lowest BCUT2D eigenvalue weighted by molar-refractivity contribution is 0.0889. The highest BCUT2D eigenvalue weighted by molar-refractivity contribution is 6.06. The fourth-order valence-electron chi connectivity index (χ4n) is 5.18. The first kappa shape index (κ1) is 19.8. The first-order chi connectivity index (χ1) is 15.0. The van der Waals surface area contributed by atoms with E-state index in [-0.39, 0.29) is 11.7 Å². The number of nitrogens with two attached hydrogens (primary N) is 1. The standard InChI is InChI=1S/C25H26FN3O2/c26-16-10-12-21-19(14-16)24(22-7-4-8-23(30)29(21)22)15-9-11-18(25(27)31)20(13-15)28-17-5-2-1-3-6-17/h9-14,17,28H,1-8H2,(H2,27,31). The molecule has 0 radical (unpaired) electrons. The molecule has 3 aromatic rings. The molecule has 1 aromatic heterocycles. The van der Waals surface area contributed by atoms with Crippen molar-refractivity contribution >= 4 is 28.4 Å². The van der Waals surface area contributed by atoms with Crippen molar-refractivity contribution in [2.24, 2.45) is 5.73 Å². The Morgan fingerprint density at radius 1 is 1.03 bits per heavy atom. The molecule has 5 rings (SSSR count). The minimum atomic E-state index is -0.477. The number of halogens is 1. The van der Waals surface area contributed by atoms with E-state index >= 15 is 0 Å². The summed E-state index contributed by atoms with van der Waals surface area (Å²) in [5.41, 5.74) is 10.2. The first-order valence-electron chi connectivity index (χ1n) is 11.1. The van der Waals surface area contributed by atoms with Crippen LogP contribution < -0.4 is 11.1 Å². The SMILES string of the molecule is NC(=O)c1ccc(-c2c3n(c4ccc(F)cc24)C(=O)CCC3)cc1NC1CCCCC1. The van der Waals surface area contributed by atoms with Gasteiger partial charge in [0.25, 0.3) is 5.91 Å². The number of hydrogen-bond acceptors (Lipinski definition) is 3. The van der Waals surface area contributed by atoms with E-state index in [1.165, 1.54) is 31.4 Å². The molecule has 2 heterocycles. The lowest BCUT2D eigenvalue weighted by Gasteiger charge is -2.25. The van der Waals surface area contributed by atoms with Crippen LogP contribution in [0.5, 0.6) is 0 Å². The molecule has 31 heavy (non-hydrogen) atoms. The fraction of sp³-hybridized carbons (Fsp3) is 0.360. The van der Waals surface area contributed by atoms with Crippen LogP contribution in [0.4, 0.5) is 10.1 Å². The van der Waals surface area contributed by atoms with Crippen molar-refractivity contribution in [3.8, 4) is 11.1 Å². The van der Waals surface area contributed by atoms with Crippen LogP contribution in [0.25, 0.3) is 22.0 Å². The van der Waals surface area contributed by atoms with Crippen LogP contribution >= 0.6 is 0 Å². The maximum Gasteiger partial charge on any atom is 0.250 e. The Balaban J connectivity index is 1.68. The van der Waals surface area contributed by atoms with Crippen molar-refractivity contribution < 1.29 is 14.0 Å². The molecule has 0 atom stereocenters. The van der Waals surface area contributed by atoms with Crippen LogP contribution in [-0.4, -0.2) is 22.4 Å². The van der Waals surface area contributed by atoms with Crippen molar-refractivity contribution in [1.29, 1.82) is 0 Å². The number of amides is 1. The second kappa shape index (κ2) is 7.84. The van der Waals surface area contributed by atoms with Crippen LogP contribution in [0.1, 0.15) is 65.8 Å². The largest absolute Gasteiger partial charge is 0.382 e. The minimum Gasteiger partial charge on any atom is -0.382 e. The summed E-state index contributed by atoms with van der Waals surface area (Å²) in [6.07, 6.45) is 7.72. The van der Waals surface area contributed by atoms with Gasteiger partial charge in [-0.3, -0.25) is 14.2 Å². The fourth-order valence-corrected chi connectivity index (χ4v) is 5.18. The topological polar surface area (TPSA) is 77.1 Å². The zero-order valence-corrected chi connectivity index (χ0v) is 17.4. The molecule has 5 nitrogen and oxygen atoms in total. The van der Waals surface area contributed by atoms with E-state index in [0.29, 0.717) is 23.7 Å². The summed E-state index contributed by atoms with van der Waals surface area (Å²) in [6, 6.07) is 10.4. The highest BCUT2D eigenvalue weighted by Gasteiger charge is 2.26. The van der Waals surface area contributed by atoms with E-state index in [9.17, 15) is 14.0 Å². The molecule has 0 spiro atoms. The quantitative estimate of drug-likeness (QED) is 0.605. The van der Waals surface area contributed by atoms with Gasteiger partial charge in [-0.25, -0.2) is 4.39 Å². The highest BCUT2D eigenvalue weighted by Crippen LogP contribution is 2.40. The summed E-state index contributed by atoms with van der Waals surface area (Å²) in [6.45, 7) is 0. The van der Waals surface area contributed by atoms with Crippen LogP contribution in [0.2, 0.25) is 0 Å². The number of nitrogens with one attached hydrogen (secondary N) is 1. The Kier molecular flexibility index (Phi) is 5.00. The van der Waals surface area contributed by atoms with Crippen molar-refractivity contribution in [2.75, 3.05) is 5.32 Å². The molecule has 1 aliphatic carbocycles. The van der Waals surface area contributed by atoms with Gasteiger partial charge in [-0.05, 0) is 61.6 Å². The monoisotopic (exact) mass is 419 g/mol. The Hall–Kier alpha value is -3.15. The van der Waals surface area contributed by atoms with Gasteiger partial charge in [0.1, 0.15) is 5.82 Å². The molecule has 6 heteroatoms. The number of aromatic nitrogens is 1. The number of fused-ring (bicyclic) bond motifs is 3. The predicted octanol–water partition coefficient (Wildman–Crippen LogP) is 5.27. The molecular weight excluding hydrogens is 393 g/mol. The van der Waals surface area contributed by atoms with Gasteiger partial charge in [-0.15, -0.1) is 0 Å². The predicted molar refractivity (Wildman–Crippen MR) is 120 cm³/mol. The molecule has 1 saturated carbocycles. The van der Waals surface area contributed by atoms with Crippen LogP contribution in [0.15, 0.2) is 36.4 Å². The third-order valence-electron chi connectivity index (χ3n) is 6.62. The van der Waals surface area contributed by atoms with Crippen LogP contribution in [0, 0.1) is 5.82 Å². The Morgan fingerprint density at radius 2 is 1.84 bits per heavy atom. The van der Waals surface area contributed by atoms with E-state index in [1.54, 1.807) is 16.7 Å². The van der Waals surface area contributed by atoms with Gasteiger partial charge < -0.3 is 11.1 Å². The second-order valence-electron chi connectivity index (χ2n) is 8.67. The van der Waals surface area contributed by atoms with Gasteiger partial charge in [-0.1, -0.05) is 25.3 Å². The van der Waals surface area contributed by atoms with E-state index in [0.717, 1.165) is 53.4 Å². The molecule has 3 N–H and O–H groups in total. The average Bonchev–Trinajstić information content (AvgIpc) is 3.08. The van der Waals surface area contributed by atoms with Crippen molar-refractivity contribution in [1.82, 2.24) is 4.57 Å². The minimum absolute atomic E-state index is 0.0402. The lowest BCUT2D eigenvalue weighted by atomic mass is 9.93. The Labute approximate surface area is 180 Å². The van der Waals surface area contributed by atoms with Gasteiger partial charge in [-0.2, -0.15) is 0 Å². The summed E-state index contributed by atoms with van der Waals surface area (Å²) >= 11 is 0. The molecule has 160 valence electrons. The maximum atomic E-state index is 14.2. The number of carbonyl (C=O) groups excluding carboxylic acids is 2. The number of rotatable bonds is 4. The van der Waals surface area contributed by atoms with Crippen molar-refractivity contribution in [3.63, 3.8) is 0 Å². The van der Waals surface area contributed by atoms with E-state index in [4.69, 9.17) is 5.73 Å². The number of primary amides is 1. The number of nitrogens with zero attached hydrogens (tertiary/aromatic N) is 1. The maximum absolute atomic E-state index is 14.2. The molecule has 0 bridgehead atoms.